The van der Waals surface area contributed by atoms with Crippen LogP contribution in [0.2, 0.25) is 0 Å². The number of hydrogen-bond acceptors (Lipinski definition) is 5. The second-order valence-electron chi connectivity index (χ2n) is 6.72. The molecule has 5 aromatic rings. The van der Waals surface area contributed by atoms with Crippen LogP contribution in [0.3, 0.4) is 0 Å². The third kappa shape index (κ3) is 3.75. The normalized spacial score (nSPS) is 11.2. The average Bonchev–Trinajstić information content (AvgIpc) is 3.38. The van der Waals surface area contributed by atoms with Gasteiger partial charge in [0.2, 0.25) is 0 Å². The Labute approximate surface area is 171 Å². The van der Waals surface area contributed by atoms with E-state index in [0.29, 0.717) is 17.8 Å². The number of fused-ring (bicyclic) bond motifs is 2. The lowest BCUT2D eigenvalue weighted by Crippen LogP contribution is -2.23. The second kappa shape index (κ2) is 7.48. The van der Waals surface area contributed by atoms with Crippen molar-refractivity contribution in [2.24, 2.45) is 0 Å². The molecule has 142 valence electrons. The molecule has 29 heavy (non-hydrogen) atoms. The van der Waals surface area contributed by atoms with E-state index in [-0.39, 0.29) is 5.91 Å². The van der Waals surface area contributed by atoms with Crippen LogP contribution in [0.15, 0.2) is 77.3 Å². The van der Waals surface area contributed by atoms with E-state index >= 15 is 0 Å². The Kier molecular flexibility index (Phi) is 4.54. The smallest absolute Gasteiger partial charge is 0.270 e. The van der Waals surface area contributed by atoms with Crippen LogP contribution >= 0.6 is 11.3 Å². The Balaban J connectivity index is 1.24. The van der Waals surface area contributed by atoms with Crippen molar-refractivity contribution in [1.29, 1.82) is 0 Å². The fourth-order valence-corrected chi connectivity index (χ4v) is 4.22. The van der Waals surface area contributed by atoms with Gasteiger partial charge in [-0.25, -0.2) is 4.98 Å². The van der Waals surface area contributed by atoms with Gasteiger partial charge in [0.15, 0.2) is 0 Å². The largest absolute Gasteiger partial charge is 0.461 e. The van der Waals surface area contributed by atoms with Gasteiger partial charge in [-0.05, 0) is 48.5 Å². The molecule has 6 heteroatoms. The highest BCUT2D eigenvalue weighted by molar-refractivity contribution is 7.12. The molecule has 0 aliphatic heterocycles. The number of thiophene rings is 1. The molecule has 0 aliphatic carbocycles. The Morgan fingerprint density at radius 1 is 0.966 bits per heavy atom. The number of para-hydroxylation sites is 1. The number of benzene rings is 1. The number of pyridine rings is 2. The number of rotatable bonds is 5. The van der Waals surface area contributed by atoms with Gasteiger partial charge in [0, 0.05) is 27.8 Å². The Bertz CT molecular complexity index is 1290. The van der Waals surface area contributed by atoms with Gasteiger partial charge in [-0.1, -0.05) is 18.2 Å². The zero-order valence-electron chi connectivity index (χ0n) is 15.5. The summed E-state index contributed by atoms with van der Waals surface area (Å²) in [4.78, 5) is 23.4. The van der Waals surface area contributed by atoms with Crippen LogP contribution in [-0.2, 0) is 13.0 Å². The van der Waals surface area contributed by atoms with Gasteiger partial charge in [0.25, 0.3) is 5.91 Å². The summed E-state index contributed by atoms with van der Waals surface area (Å²) in [6.07, 6.45) is 2.45. The van der Waals surface area contributed by atoms with E-state index in [9.17, 15) is 4.79 Å². The van der Waals surface area contributed by atoms with Gasteiger partial charge in [-0.2, -0.15) is 0 Å². The molecule has 5 nitrogen and oxygen atoms in total. The fourth-order valence-electron chi connectivity index (χ4n) is 3.25. The van der Waals surface area contributed by atoms with Gasteiger partial charge in [-0.15, -0.1) is 11.3 Å². The molecule has 0 radical (unpaired) electrons. The molecule has 5 rings (SSSR count). The summed E-state index contributed by atoms with van der Waals surface area (Å²) in [5.41, 5.74) is 2.79. The first kappa shape index (κ1) is 17.6. The predicted octanol–water partition coefficient (Wildman–Crippen LogP) is 4.96. The molecule has 0 saturated heterocycles. The maximum Gasteiger partial charge on any atom is 0.270 e. The summed E-state index contributed by atoms with van der Waals surface area (Å²) in [7, 11) is 0. The Morgan fingerprint density at radius 2 is 1.86 bits per heavy atom. The average molecular weight is 399 g/mol. The van der Waals surface area contributed by atoms with E-state index in [1.54, 1.807) is 23.6 Å². The molecule has 1 amide bonds. The summed E-state index contributed by atoms with van der Waals surface area (Å²) >= 11 is 1.67. The number of carbonyl (C=O) groups is 1. The highest BCUT2D eigenvalue weighted by Gasteiger charge is 2.10. The maximum atomic E-state index is 12.5. The third-order valence-electron chi connectivity index (χ3n) is 4.65. The number of nitrogens with zero attached hydrogens (tertiary/aromatic N) is 2. The van der Waals surface area contributed by atoms with Gasteiger partial charge in [0.1, 0.15) is 17.0 Å². The van der Waals surface area contributed by atoms with Crippen LogP contribution in [0.4, 0.5) is 0 Å². The van der Waals surface area contributed by atoms with Crippen LogP contribution in [0.5, 0.6) is 0 Å². The van der Waals surface area contributed by atoms with Crippen molar-refractivity contribution in [2.45, 2.75) is 13.0 Å². The quantitative estimate of drug-likeness (QED) is 0.454. The molecular weight excluding hydrogens is 382 g/mol. The molecule has 0 spiro atoms. The van der Waals surface area contributed by atoms with E-state index in [1.807, 2.05) is 42.5 Å². The molecule has 1 N–H and O–H groups in total. The number of amides is 1. The van der Waals surface area contributed by atoms with Crippen LogP contribution < -0.4 is 5.32 Å². The second-order valence-corrected chi connectivity index (χ2v) is 7.97. The number of nitrogens with one attached hydrogen (secondary N) is 1. The van der Waals surface area contributed by atoms with Crippen molar-refractivity contribution in [3.63, 3.8) is 0 Å². The Morgan fingerprint density at radius 3 is 2.79 bits per heavy atom. The van der Waals surface area contributed by atoms with Crippen LogP contribution in [0.1, 0.15) is 26.0 Å². The Hall–Kier alpha value is -3.51. The molecule has 0 aliphatic rings. The van der Waals surface area contributed by atoms with Crippen molar-refractivity contribution in [3.05, 3.63) is 94.1 Å². The molecule has 0 fully saturated rings. The predicted molar refractivity (Wildman–Crippen MR) is 114 cm³/mol. The van der Waals surface area contributed by atoms with Crippen LogP contribution in [-0.4, -0.2) is 15.9 Å². The monoisotopic (exact) mass is 399 g/mol. The van der Waals surface area contributed by atoms with E-state index in [1.165, 1.54) is 4.88 Å². The van der Waals surface area contributed by atoms with Crippen molar-refractivity contribution in [2.75, 3.05) is 0 Å². The van der Waals surface area contributed by atoms with Gasteiger partial charge < -0.3 is 9.73 Å². The van der Waals surface area contributed by atoms with E-state index in [0.717, 1.165) is 33.5 Å². The van der Waals surface area contributed by atoms with Gasteiger partial charge >= 0.3 is 0 Å². The zero-order chi connectivity index (χ0) is 19.6. The molecule has 0 bridgehead atoms. The van der Waals surface area contributed by atoms with Crippen molar-refractivity contribution < 1.29 is 9.21 Å². The highest BCUT2D eigenvalue weighted by atomic mass is 32.1. The summed E-state index contributed by atoms with van der Waals surface area (Å²) in [5.74, 6) is 0.751. The molecule has 1 aromatic carbocycles. The van der Waals surface area contributed by atoms with Crippen LogP contribution in [0.25, 0.3) is 22.0 Å². The van der Waals surface area contributed by atoms with E-state index < -0.39 is 0 Å². The summed E-state index contributed by atoms with van der Waals surface area (Å²) in [5, 5.41) is 4.06. The van der Waals surface area contributed by atoms with Gasteiger partial charge in [0.05, 0.1) is 17.6 Å². The summed E-state index contributed by atoms with van der Waals surface area (Å²) in [6, 6.07) is 21.4. The number of furan rings is 1. The fraction of sp³-hybridized carbons (Fsp3) is 0.0870. The molecule has 0 unspecified atom stereocenters. The standard InChI is InChI=1S/C23H17N3O2S/c27-23(21-10-9-19-20(26-21)5-3-11-24-19)25-14-18-8-7-17(29-18)13-16-12-15-4-1-2-6-22(15)28-16/h1-12H,13-14H2,(H,25,27). The number of carbonyl (C=O) groups excluding carboxylic acids is 1. The van der Waals surface area contributed by atoms with Crippen molar-refractivity contribution in [3.8, 4) is 0 Å². The minimum absolute atomic E-state index is 0.192. The maximum absolute atomic E-state index is 12.5. The van der Waals surface area contributed by atoms with Crippen molar-refractivity contribution in [1.82, 2.24) is 15.3 Å². The van der Waals surface area contributed by atoms with Gasteiger partial charge in [-0.3, -0.25) is 9.78 Å². The SMILES string of the molecule is O=C(NCc1ccc(Cc2cc3ccccc3o2)s1)c1ccc2ncccc2n1. The summed E-state index contributed by atoms with van der Waals surface area (Å²) in [6.45, 7) is 0.469. The topological polar surface area (TPSA) is 68.0 Å². The first-order valence-electron chi connectivity index (χ1n) is 9.30. The van der Waals surface area contributed by atoms with Crippen molar-refractivity contribution >= 4 is 39.2 Å². The number of hydrogen-bond donors (Lipinski definition) is 1. The molecule has 0 atom stereocenters. The first-order valence-corrected chi connectivity index (χ1v) is 10.1. The minimum atomic E-state index is -0.192. The summed E-state index contributed by atoms with van der Waals surface area (Å²) < 4.78 is 5.90. The van der Waals surface area contributed by atoms with E-state index in [4.69, 9.17) is 4.42 Å². The number of aromatic nitrogens is 2. The highest BCUT2D eigenvalue weighted by Crippen LogP contribution is 2.24. The lowest BCUT2D eigenvalue weighted by atomic mass is 10.2. The van der Waals surface area contributed by atoms with Crippen LogP contribution in [0, 0.1) is 0 Å². The lowest BCUT2D eigenvalue weighted by Gasteiger charge is -2.04. The lowest BCUT2D eigenvalue weighted by molar-refractivity contribution is 0.0946. The molecular formula is C23H17N3O2S. The molecule has 4 aromatic heterocycles. The minimum Gasteiger partial charge on any atom is -0.461 e. The molecule has 0 saturated carbocycles. The molecule has 4 heterocycles. The van der Waals surface area contributed by atoms with E-state index in [2.05, 4.69) is 33.5 Å². The third-order valence-corrected chi connectivity index (χ3v) is 5.74. The zero-order valence-corrected chi connectivity index (χ0v) is 16.3. The first-order chi connectivity index (χ1) is 14.2.